The molecular weight excluding hydrogens is 381 g/mol. The van der Waals surface area contributed by atoms with E-state index in [1.54, 1.807) is 24.3 Å². The van der Waals surface area contributed by atoms with Crippen LogP contribution < -0.4 is 10.1 Å². The lowest BCUT2D eigenvalue weighted by molar-refractivity contribution is -0.155. The second-order valence-electron chi connectivity index (χ2n) is 4.87. The molecule has 0 saturated carbocycles. The van der Waals surface area contributed by atoms with Gasteiger partial charge in [0.25, 0.3) is 5.91 Å². The van der Waals surface area contributed by atoms with E-state index in [0.29, 0.717) is 11.4 Å². The van der Waals surface area contributed by atoms with Crippen molar-refractivity contribution in [2.45, 2.75) is 13.0 Å². The largest absolute Gasteiger partial charge is 0.482 e. The molecule has 0 unspecified atom stereocenters. The highest BCUT2D eigenvalue weighted by Crippen LogP contribution is 2.15. The van der Waals surface area contributed by atoms with Gasteiger partial charge in [-0.3, -0.25) is 4.79 Å². The van der Waals surface area contributed by atoms with Crippen LogP contribution in [0.15, 0.2) is 53.0 Å². The van der Waals surface area contributed by atoms with Gasteiger partial charge in [0.2, 0.25) is 0 Å². The van der Waals surface area contributed by atoms with E-state index in [1.165, 1.54) is 31.2 Å². The molecule has 0 radical (unpaired) electrons. The Labute approximate surface area is 146 Å². The summed E-state index contributed by atoms with van der Waals surface area (Å²) < 4.78 is 23.8. The highest BCUT2D eigenvalue weighted by atomic mass is 79.9. The van der Waals surface area contributed by atoms with Crippen LogP contribution in [-0.2, 0) is 14.3 Å². The topological polar surface area (TPSA) is 64.6 Å². The van der Waals surface area contributed by atoms with E-state index in [0.717, 1.165) is 4.47 Å². The van der Waals surface area contributed by atoms with E-state index in [9.17, 15) is 14.0 Å². The second kappa shape index (κ2) is 8.44. The maximum Gasteiger partial charge on any atom is 0.344 e. The summed E-state index contributed by atoms with van der Waals surface area (Å²) >= 11 is 3.30. The van der Waals surface area contributed by atoms with Crippen molar-refractivity contribution >= 4 is 33.5 Å². The molecular formula is C17H15BrFNO4. The first kappa shape index (κ1) is 17.9. The highest BCUT2D eigenvalue weighted by Gasteiger charge is 2.18. The van der Waals surface area contributed by atoms with Crippen LogP contribution in [0.2, 0.25) is 0 Å². The smallest absolute Gasteiger partial charge is 0.344 e. The van der Waals surface area contributed by atoms with Gasteiger partial charge in [0, 0.05) is 10.2 Å². The van der Waals surface area contributed by atoms with E-state index < -0.39 is 23.8 Å². The lowest BCUT2D eigenvalue weighted by Crippen LogP contribution is -2.31. The Balaban J connectivity index is 1.78. The fourth-order valence-electron chi connectivity index (χ4n) is 1.73. The van der Waals surface area contributed by atoms with Gasteiger partial charge in [-0.2, -0.15) is 0 Å². The minimum Gasteiger partial charge on any atom is -0.482 e. The zero-order chi connectivity index (χ0) is 17.5. The highest BCUT2D eigenvalue weighted by molar-refractivity contribution is 9.10. The predicted molar refractivity (Wildman–Crippen MR) is 90.2 cm³/mol. The number of hydrogen-bond donors (Lipinski definition) is 1. The number of hydrogen-bond acceptors (Lipinski definition) is 4. The van der Waals surface area contributed by atoms with Crippen LogP contribution in [0.1, 0.15) is 6.92 Å². The number of nitrogens with one attached hydrogen (secondary N) is 1. The number of ether oxygens (including phenoxy) is 2. The van der Waals surface area contributed by atoms with E-state index in [-0.39, 0.29) is 6.61 Å². The Hall–Kier alpha value is -2.41. The Morgan fingerprint density at radius 1 is 1.12 bits per heavy atom. The Bertz CT molecular complexity index is 704. The molecule has 1 atom stereocenters. The van der Waals surface area contributed by atoms with Crippen molar-refractivity contribution in [1.29, 1.82) is 0 Å². The van der Waals surface area contributed by atoms with Gasteiger partial charge in [-0.05, 0) is 55.5 Å². The van der Waals surface area contributed by atoms with Crippen molar-refractivity contribution in [2.75, 3.05) is 11.9 Å². The third kappa shape index (κ3) is 5.66. The molecule has 0 heterocycles. The summed E-state index contributed by atoms with van der Waals surface area (Å²) in [4.78, 5) is 23.6. The van der Waals surface area contributed by atoms with E-state index in [4.69, 9.17) is 9.47 Å². The van der Waals surface area contributed by atoms with Crippen LogP contribution in [-0.4, -0.2) is 24.6 Å². The van der Waals surface area contributed by atoms with Gasteiger partial charge in [0.05, 0.1) is 0 Å². The number of carbonyl (C=O) groups excluding carboxylic acids is 2. The molecule has 0 aromatic heterocycles. The Kier molecular flexibility index (Phi) is 6.31. The number of benzene rings is 2. The fourth-order valence-corrected chi connectivity index (χ4v) is 2.00. The molecule has 5 nitrogen and oxygen atoms in total. The monoisotopic (exact) mass is 395 g/mol. The van der Waals surface area contributed by atoms with Gasteiger partial charge in [-0.1, -0.05) is 15.9 Å². The number of amides is 1. The summed E-state index contributed by atoms with van der Waals surface area (Å²) in [5.74, 6) is -1.21. The first-order valence-corrected chi connectivity index (χ1v) is 7.87. The number of rotatable bonds is 6. The lowest BCUT2D eigenvalue weighted by Gasteiger charge is -2.14. The Morgan fingerprint density at radius 2 is 1.75 bits per heavy atom. The van der Waals surface area contributed by atoms with Crippen molar-refractivity contribution in [2.24, 2.45) is 0 Å². The van der Waals surface area contributed by atoms with Crippen LogP contribution >= 0.6 is 15.9 Å². The van der Waals surface area contributed by atoms with Crippen molar-refractivity contribution in [1.82, 2.24) is 0 Å². The first-order chi connectivity index (χ1) is 11.4. The van der Waals surface area contributed by atoms with Crippen LogP contribution in [0.3, 0.4) is 0 Å². The zero-order valence-electron chi connectivity index (χ0n) is 12.8. The van der Waals surface area contributed by atoms with Crippen LogP contribution in [0.4, 0.5) is 10.1 Å². The average molecular weight is 396 g/mol. The van der Waals surface area contributed by atoms with Crippen LogP contribution in [0, 0.1) is 5.82 Å². The fraction of sp³-hybridized carbons (Fsp3) is 0.176. The number of halogens is 2. The van der Waals surface area contributed by atoms with Gasteiger partial charge in [0.1, 0.15) is 11.6 Å². The van der Waals surface area contributed by atoms with Crippen molar-refractivity contribution in [3.8, 4) is 5.75 Å². The van der Waals surface area contributed by atoms with Crippen LogP contribution in [0.5, 0.6) is 5.75 Å². The molecule has 126 valence electrons. The van der Waals surface area contributed by atoms with Gasteiger partial charge >= 0.3 is 5.97 Å². The molecule has 24 heavy (non-hydrogen) atoms. The van der Waals surface area contributed by atoms with E-state index in [2.05, 4.69) is 21.2 Å². The summed E-state index contributed by atoms with van der Waals surface area (Å²) in [6, 6.07) is 12.2. The van der Waals surface area contributed by atoms with Gasteiger partial charge in [0.15, 0.2) is 12.7 Å². The number of esters is 1. The molecule has 0 saturated heterocycles. The third-order valence-corrected chi connectivity index (χ3v) is 3.49. The predicted octanol–water partition coefficient (Wildman–Crippen LogP) is 3.54. The quantitative estimate of drug-likeness (QED) is 0.759. The number of anilines is 1. The van der Waals surface area contributed by atoms with Crippen molar-refractivity contribution < 1.29 is 23.5 Å². The van der Waals surface area contributed by atoms with E-state index in [1.807, 2.05) is 0 Å². The molecule has 7 heteroatoms. The Morgan fingerprint density at radius 3 is 2.38 bits per heavy atom. The summed E-state index contributed by atoms with van der Waals surface area (Å²) in [6.45, 7) is 1.09. The molecule has 1 N–H and O–H groups in total. The van der Waals surface area contributed by atoms with E-state index >= 15 is 0 Å². The van der Waals surface area contributed by atoms with Gasteiger partial charge in [-0.25, -0.2) is 9.18 Å². The van der Waals surface area contributed by atoms with Crippen LogP contribution in [0.25, 0.3) is 0 Å². The first-order valence-electron chi connectivity index (χ1n) is 7.08. The molecule has 1 amide bonds. The molecule has 0 fully saturated rings. The molecule has 0 aliphatic carbocycles. The normalized spacial score (nSPS) is 11.5. The molecule has 0 bridgehead atoms. The third-order valence-electron chi connectivity index (χ3n) is 2.96. The molecule has 0 aliphatic heterocycles. The average Bonchev–Trinajstić information content (AvgIpc) is 2.56. The molecule has 2 rings (SSSR count). The maximum atomic E-state index is 12.8. The maximum absolute atomic E-state index is 12.8. The standard InChI is InChI=1S/C17H15BrFNO4/c1-11(17(22)20-14-6-2-12(18)3-7-14)24-16(21)10-23-15-8-4-13(19)5-9-15/h2-9,11H,10H2,1H3,(H,20,22)/t11-/m0/s1. The molecule has 0 aliphatic rings. The van der Waals surface area contributed by atoms with Crippen molar-refractivity contribution in [3.05, 3.63) is 58.8 Å². The molecule has 0 spiro atoms. The summed E-state index contributed by atoms with van der Waals surface area (Å²) in [5.41, 5.74) is 0.591. The van der Waals surface area contributed by atoms with Gasteiger partial charge < -0.3 is 14.8 Å². The molecule has 2 aromatic rings. The number of carbonyl (C=O) groups is 2. The second-order valence-corrected chi connectivity index (χ2v) is 5.79. The van der Waals surface area contributed by atoms with Crippen molar-refractivity contribution in [3.63, 3.8) is 0 Å². The summed E-state index contributed by atoms with van der Waals surface area (Å²) in [7, 11) is 0. The summed E-state index contributed by atoms with van der Waals surface area (Å²) in [5, 5.41) is 2.63. The summed E-state index contributed by atoms with van der Waals surface area (Å²) in [6.07, 6.45) is -0.974. The zero-order valence-corrected chi connectivity index (χ0v) is 14.4. The minimum absolute atomic E-state index is 0.334. The SMILES string of the molecule is C[C@H](OC(=O)COc1ccc(F)cc1)C(=O)Nc1ccc(Br)cc1. The molecule has 2 aromatic carbocycles. The van der Waals surface area contributed by atoms with Gasteiger partial charge in [-0.15, -0.1) is 0 Å². The minimum atomic E-state index is -0.974. The lowest BCUT2D eigenvalue weighted by atomic mass is 10.3.